The lowest BCUT2D eigenvalue weighted by atomic mass is 10.2. The molecule has 0 radical (unpaired) electrons. The van der Waals surface area contributed by atoms with Crippen molar-refractivity contribution in [3.63, 3.8) is 0 Å². The molecule has 1 aromatic carbocycles. The van der Waals surface area contributed by atoms with E-state index in [1.807, 2.05) is 30.3 Å². The first-order chi connectivity index (χ1) is 10.2. The maximum atomic E-state index is 5.83. The molecule has 2 aromatic heterocycles. The predicted molar refractivity (Wildman–Crippen MR) is 85.5 cm³/mol. The van der Waals surface area contributed by atoms with Crippen molar-refractivity contribution >= 4 is 26.8 Å². The molecular weight excluding hydrogens is 330 g/mol. The van der Waals surface area contributed by atoms with Crippen molar-refractivity contribution in [3.05, 3.63) is 53.0 Å². The van der Waals surface area contributed by atoms with Gasteiger partial charge in [-0.3, -0.25) is 4.98 Å². The SMILES string of the molecule is CCCc1nc(Br)cc(Oc2ccc3cccnc3c2)n1. The first-order valence-electron chi connectivity index (χ1n) is 6.80. The van der Waals surface area contributed by atoms with E-state index in [9.17, 15) is 0 Å². The van der Waals surface area contributed by atoms with E-state index in [-0.39, 0.29) is 0 Å². The van der Waals surface area contributed by atoms with Gasteiger partial charge in [0.25, 0.3) is 0 Å². The molecule has 4 nitrogen and oxygen atoms in total. The highest BCUT2D eigenvalue weighted by atomic mass is 79.9. The highest BCUT2D eigenvalue weighted by Crippen LogP contribution is 2.25. The molecule has 2 heterocycles. The Labute approximate surface area is 131 Å². The highest BCUT2D eigenvalue weighted by molar-refractivity contribution is 9.10. The number of fused-ring (bicyclic) bond motifs is 1. The van der Waals surface area contributed by atoms with Crippen LogP contribution in [0.5, 0.6) is 11.6 Å². The van der Waals surface area contributed by atoms with E-state index in [0.717, 1.165) is 34.2 Å². The van der Waals surface area contributed by atoms with Crippen LogP contribution in [0.3, 0.4) is 0 Å². The van der Waals surface area contributed by atoms with Crippen LogP contribution in [-0.2, 0) is 6.42 Å². The van der Waals surface area contributed by atoms with Crippen molar-refractivity contribution in [2.24, 2.45) is 0 Å². The third-order valence-electron chi connectivity index (χ3n) is 2.99. The summed E-state index contributed by atoms with van der Waals surface area (Å²) in [6.45, 7) is 2.10. The zero-order valence-corrected chi connectivity index (χ0v) is 13.2. The van der Waals surface area contributed by atoms with Gasteiger partial charge in [-0.05, 0) is 40.5 Å². The minimum absolute atomic E-state index is 0.538. The fourth-order valence-electron chi connectivity index (χ4n) is 2.06. The van der Waals surface area contributed by atoms with Crippen molar-refractivity contribution in [1.29, 1.82) is 0 Å². The summed E-state index contributed by atoms with van der Waals surface area (Å²) in [5.41, 5.74) is 0.900. The average molecular weight is 344 g/mol. The number of hydrogen-bond donors (Lipinski definition) is 0. The number of benzene rings is 1. The van der Waals surface area contributed by atoms with Crippen molar-refractivity contribution in [1.82, 2.24) is 15.0 Å². The molecule has 0 aliphatic heterocycles. The fourth-order valence-corrected chi connectivity index (χ4v) is 2.46. The predicted octanol–water partition coefficient (Wildman–Crippen LogP) is 4.53. The normalized spacial score (nSPS) is 10.8. The molecule has 0 aliphatic rings. The molecule has 21 heavy (non-hydrogen) atoms. The maximum absolute atomic E-state index is 5.83. The lowest BCUT2D eigenvalue weighted by Crippen LogP contribution is -1.97. The topological polar surface area (TPSA) is 47.9 Å². The molecule has 0 unspecified atom stereocenters. The summed E-state index contributed by atoms with van der Waals surface area (Å²) in [5.74, 6) is 2.03. The Hall–Kier alpha value is -2.01. The molecule has 0 spiro atoms. The lowest BCUT2D eigenvalue weighted by Gasteiger charge is -2.07. The van der Waals surface area contributed by atoms with Crippen LogP contribution < -0.4 is 4.74 Å². The second-order valence-electron chi connectivity index (χ2n) is 4.66. The summed E-state index contributed by atoms with van der Waals surface area (Å²) in [6.07, 6.45) is 3.59. The zero-order chi connectivity index (χ0) is 14.7. The average Bonchev–Trinajstić information content (AvgIpc) is 2.47. The summed E-state index contributed by atoms with van der Waals surface area (Å²) in [5, 5.41) is 1.08. The van der Waals surface area contributed by atoms with Crippen LogP contribution in [0.15, 0.2) is 47.2 Å². The van der Waals surface area contributed by atoms with Crippen molar-refractivity contribution in [2.75, 3.05) is 0 Å². The smallest absolute Gasteiger partial charge is 0.223 e. The Morgan fingerprint density at radius 1 is 1.14 bits per heavy atom. The summed E-state index contributed by atoms with van der Waals surface area (Å²) in [6, 6.07) is 11.5. The third kappa shape index (κ3) is 3.36. The van der Waals surface area contributed by atoms with Crippen molar-refractivity contribution < 1.29 is 4.74 Å². The van der Waals surface area contributed by atoms with E-state index in [1.165, 1.54) is 0 Å². The third-order valence-corrected chi connectivity index (χ3v) is 3.40. The Bertz CT molecular complexity index is 776. The number of hydrogen-bond acceptors (Lipinski definition) is 4. The quantitative estimate of drug-likeness (QED) is 0.653. The molecule has 3 rings (SSSR count). The molecule has 0 atom stereocenters. The molecular formula is C16H14BrN3O. The number of nitrogens with zero attached hydrogens (tertiary/aromatic N) is 3. The number of ether oxygens (including phenoxy) is 1. The Morgan fingerprint density at radius 2 is 2.05 bits per heavy atom. The van der Waals surface area contributed by atoms with Crippen molar-refractivity contribution in [2.45, 2.75) is 19.8 Å². The second kappa shape index (κ2) is 6.18. The van der Waals surface area contributed by atoms with Gasteiger partial charge in [0, 0.05) is 30.1 Å². The van der Waals surface area contributed by atoms with Gasteiger partial charge in [0.15, 0.2) is 0 Å². The van der Waals surface area contributed by atoms with Crippen LogP contribution in [0.4, 0.5) is 0 Å². The van der Waals surface area contributed by atoms with E-state index >= 15 is 0 Å². The highest BCUT2D eigenvalue weighted by Gasteiger charge is 2.06. The minimum Gasteiger partial charge on any atom is -0.439 e. The fraction of sp³-hybridized carbons (Fsp3) is 0.188. The molecule has 5 heteroatoms. The number of rotatable bonds is 4. The Balaban J connectivity index is 1.90. The zero-order valence-electron chi connectivity index (χ0n) is 11.6. The van der Waals surface area contributed by atoms with Crippen LogP contribution in [0.25, 0.3) is 10.9 Å². The molecule has 0 N–H and O–H groups in total. The first kappa shape index (κ1) is 13.9. The molecule has 3 aromatic rings. The van der Waals surface area contributed by atoms with Crippen LogP contribution in [0.2, 0.25) is 0 Å². The molecule has 0 amide bonds. The second-order valence-corrected chi connectivity index (χ2v) is 5.47. The van der Waals surface area contributed by atoms with Gasteiger partial charge < -0.3 is 4.74 Å². The van der Waals surface area contributed by atoms with Crippen LogP contribution in [0, 0.1) is 0 Å². The van der Waals surface area contributed by atoms with Gasteiger partial charge in [0.2, 0.25) is 5.88 Å². The molecule has 0 aliphatic carbocycles. The van der Waals surface area contributed by atoms with Crippen LogP contribution in [0.1, 0.15) is 19.2 Å². The number of pyridine rings is 1. The minimum atomic E-state index is 0.538. The van der Waals surface area contributed by atoms with Gasteiger partial charge in [0.1, 0.15) is 16.2 Å². The van der Waals surface area contributed by atoms with Gasteiger partial charge in [-0.2, -0.15) is 4.98 Å². The summed E-state index contributed by atoms with van der Waals surface area (Å²) < 4.78 is 6.56. The van der Waals surface area contributed by atoms with Crippen molar-refractivity contribution in [3.8, 4) is 11.6 Å². The van der Waals surface area contributed by atoms with Gasteiger partial charge in [-0.15, -0.1) is 0 Å². The van der Waals surface area contributed by atoms with E-state index in [4.69, 9.17) is 4.74 Å². The first-order valence-corrected chi connectivity index (χ1v) is 7.60. The Kier molecular flexibility index (Phi) is 4.10. The molecule has 106 valence electrons. The van der Waals surface area contributed by atoms with E-state index in [2.05, 4.69) is 37.8 Å². The number of aryl methyl sites for hydroxylation is 1. The number of halogens is 1. The Morgan fingerprint density at radius 3 is 2.90 bits per heavy atom. The van der Waals surface area contributed by atoms with Gasteiger partial charge in [0.05, 0.1) is 5.52 Å². The van der Waals surface area contributed by atoms with Gasteiger partial charge >= 0.3 is 0 Å². The van der Waals surface area contributed by atoms with E-state index in [1.54, 1.807) is 12.3 Å². The molecule has 0 bridgehead atoms. The van der Waals surface area contributed by atoms with Crippen LogP contribution in [-0.4, -0.2) is 15.0 Å². The van der Waals surface area contributed by atoms with Crippen LogP contribution >= 0.6 is 15.9 Å². The summed E-state index contributed by atoms with van der Waals surface area (Å²) in [7, 11) is 0. The maximum Gasteiger partial charge on any atom is 0.223 e. The number of aromatic nitrogens is 3. The van der Waals surface area contributed by atoms with Gasteiger partial charge in [-0.25, -0.2) is 4.98 Å². The largest absolute Gasteiger partial charge is 0.439 e. The lowest BCUT2D eigenvalue weighted by molar-refractivity contribution is 0.458. The standard InChI is InChI=1S/C16H14BrN3O/c1-2-4-15-19-14(17)10-16(20-15)21-12-7-6-11-5-3-8-18-13(11)9-12/h3,5-10H,2,4H2,1H3. The van der Waals surface area contributed by atoms with Gasteiger partial charge in [-0.1, -0.05) is 13.0 Å². The summed E-state index contributed by atoms with van der Waals surface area (Å²) in [4.78, 5) is 13.1. The molecule has 0 fully saturated rings. The monoisotopic (exact) mass is 343 g/mol. The summed E-state index contributed by atoms with van der Waals surface area (Å²) >= 11 is 3.39. The van der Waals surface area contributed by atoms with E-state index in [0.29, 0.717) is 11.6 Å². The molecule has 0 saturated heterocycles. The molecule has 0 saturated carbocycles. The van der Waals surface area contributed by atoms with E-state index < -0.39 is 0 Å².